The van der Waals surface area contributed by atoms with Crippen molar-refractivity contribution in [2.45, 2.75) is 17.7 Å². The number of carbonyl (C=O) groups excluding carboxylic acids is 2. The summed E-state index contributed by atoms with van der Waals surface area (Å²) in [5.41, 5.74) is 0.791. The summed E-state index contributed by atoms with van der Waals surface area (Å²) in [5, 5.41) is 0. The number of hydrogen-bond acceptors (Lipinski definition) is 5. The summed E-state index contributed by atoms with van der Waals surface area (Å²) in [6, 6.07) is 15.4. The second-order valence-electron chi connectivity index (χ2n) is 7.24. The number of piperidine rings is 1. The average molecular weight is 443 g/mol. The smallest absolute Gasteiger partial charge is 0.339 e. The minimum atomic E-state index is -3.89. The standard InChI is InChI=1S/C23H26N2O5S/c1-3-15-25(19-9-5-4-6-10-19)22(26)18-13-16-24(17-14-18)31(28,29)21-12-8-7-11-20(21)23(27)30-2/h3-12,18H,1,13-17H2,2H3. The number of esters is 1. The number of anilines is 1. The number of para-hydroxylation sites is 1. The summed E-state index contributed by atoms with van der Waals surface area (Å²) in [6.07, 6.45) is 2.48. The third-order valence-electron chi connectivity index (χ3n) is 5.36. The Morgan fingerprint density at radius 3 is 2.32 bits per heavy atom. The Hall–Kier alpha value is -2.97. The molecule has 1 aliphatic rings. The molecule has 0 N–H and O–H groups in total. The lowest BCUT2D eigenvalue weighted by molar-refractivity contribution is -0.123. The molecule has 1 amide bonds. The van der Waals surface area contributed by atoms with Gasteiger partial charge in [-0.1, -0.05) is 36.4 Å². The van der Waals surface area contributed by atoms with Gasteiger partial charge in [-0.3, -0.25) is 4.79 Å². The van der Waals surface area contributed by atoms with Crippen molar-refractivity contribution in [2.24, 2.45) is 5.92 Å². The van der Waals surface area contributed by atoms with E-state index in [1.807, 2.05) is 30.3 Å². The molecule has 8 heteroatoms. The zero-order valence-corrected chi connectivity index (χ0v) is 18.3. The van der Waals surface area contributed by atoms with Gasteiger partial charge in [-0.05, 0) is 37.1 Å². The van der Waals surface area contributed by atoms with Gasteiger partial charge in [-0.25, -0.2) is 13.2 Å². The van der Waals surface area contributed by atoms with Crippen molar-refractivity contribution in [3.8, 4) is 0 Å². The van der Waals surface area contributed by atoms with Gasteiger partial charge >= 0.3 is 5.97 Å². The molecule has 0 aromatic heterocycles. The normalized spacial score (nSPS) is 15.3. The Balaban J connectivity index is 1.75. The highest BCUT2D eigenvalue weighted by Gasteiger charge is 2.35. The highest BCUT2D eigenvalue weighted by Crippen LogP contribution is 2.28. The van der Waals surface area contributed by atoms with Crippen molar-refractivity contribution in [1.82, 2.24) is 4.31 Å². The van der Waals surface area contributed by atoms with E-state index in [1.54, 1.807) is 23.1 Å². The second-order valence-corrected chi connectivity index (χ2v) is 9.15. The van der Waals surface area contributed by atoms with Gasteiger partial charge in [0.1, 0.15) is 0 Å². The van der Waals surface area contributed by atoms with E-state index in [0.29, 0.717) is 19.4 Å². The lowest BCUT2D eigenvalue weighted by Gasteiger charge is -2.33. The molecule has 0 atom stereocenters. The Kier molecular flexibility index (Phi) is 7.25. The highest BCUT2D eigenvalue weighted by atomic mass is 32.2. The zero-order chi connectivity index (χ0) is 22.4. The predicted molar refractivity (Wildman–Crippen MR) is 118 cm³/mol. The summed E-state index contributed by atoms with van der Waals surface area (Å²) in [5.74, 6) is -1.03. The van der Waals surface area contributed by atoms with Crippen molar-refractivity contribution < 1.29 is 22.7 Å². The average Bonchev–Trinajstić information content (AvgIpc) is 2.82. The van der Waals surface area contributed by atoms with Crippen LogP contribution in [0.25, 0.3) is 0 Å². The summed E-state index contributed by atoms with van der Waals surface area (Å²) in [7, 11) is -2.68. The van der Waals surface area contributed by atoms with Crippen molar-refractivity contribution in [3.05, 3.63) is 72.8 Å². The van der Waals surface area contributed by atoms with Crippen LogP contribution in [0, 0.1) is 5.92 Å². The summed E-state index contributed by atoms with van der Waals surface area (Å²) >= 11 is 0. The van der Waals surface area contributed by atoms with E-state index in [2.05, 4.69) is 6.58 Å². The van der Waals surface area contributed by atoms with Gasteiger partial charge in [0.25, 0.3) is 0 Å². The maximum Gasteiger partial charge on any atom is 0.339 e. The number of rotatable bonds is 7. The zero-order valence-electron chi connectivity index (χ0n) is 17.4. The molecule has 7 nitrogen and oxygen atoms in total. The van der Waals surface area contributed by atoms with Gasteiger partial charge in [0, 0.05) is 31.2 Å². The molecule has 0 radical (unpaired) electrons. The van der Waals surface area contributed by atoms with Crippen LogP contribution < -0.4 is 4.90 Å². The van der Waals surface area contributed by atoms with Gasteiger partial charge in [0.15, 0.2) is 0 Å². The Morgan fingerprint density at radius 1 is 1.10 bits per heavy atom. The van der Waals surface area contributed by atoms with Gasteiger partial charge in [-0.15, -0.1) is 6.58 Å². The fraction of sp³-hybridized carbons (Fsp3) is 0.304. The van der Waals surface area contributed by atoms with E-state index in [9.17, 15) is 18.0 Å². The Morgan fingerprint density at radius 2 is 1.71 bits per heavy atom. The Labute approximate surface area is 183 Å². The monoisotopic (exact) mass is 442 g/mol. The molecule has 0 saturated carbocycles. The number of methoxy groups -OCH3 is 1. The van der Waals surface area contributed by atoms with E-state index in [1.165, 1.54) is 23.5 Å². The summed E-state index contributed by atoms with van der Waals surface area (Å²) < 4.78 is 32.4. The molecule has 31 heavy (non-hydrogen) atoms. The third kappa shape index (κ3) is 4.86. The summed E-state index contributed by atoms with van der Waals surface area (Å²) in [4.78, 5) is 26.8. The topological polar surface area (TPSA) is 84.0 Å². The molecule has 2 aromatic rings. The first-order valence-electron chi connectivity index (χ1n) is 10.0. The summed E-state index contributed by atoms with van der Waals surface area (Å²) in [6.45, 7) is 4.52. The lowest BCUT2D eigenvalue weighted by atomic mass is 9.96. The maximum atomic E-state index is 13.2. The lowest BCUT2D eigenvalue weighted by Crippen LogP contribution is -2.44. The molecule has 1 heterocycles. The minimum Gasteiger partial charge on any atom is -0.465 e. The van der Waals surface area contributed by atoms with E-state index in [-0.39, 0.29) is 35.4 Å². The van der Waals surface area contributed by atoms with Crippen molar-refractivity contribution >= 4 is 27.6 Å². The van der Waals surface area contributed by atoms with Crippen LogP contribution in [0.3, 0.4) is 0 Å². The van der Waals surface area contributed by atoms with Gasteiger partial charge in [0.2, 0.25) is 15.9 Å². The number of benzene rings is 2. The number of hydrogen-bond donors (Lipinski definition) is 0. The van der Waals surface area contributed by atoms with Gasteiger partial charge < -0.3 is 9.64 Å². The fourth-order valence-electron chi connectivity index (χ4n) is 3.73. The molecule has 0 unspecified atom stereocenters. The quantitative estimate of drug-likeness (QED) is 0.486. The van der Waals surface area contributed by atoms with Crippen LogP contribution in [0.1, 0.15) is 23.2 Å². The molecule has 0 aliphatic carbocycles. The largest absolute Gasteiger partial charge is 0.465 e. The van der Waals surface area contributed by atoms with Crippen LogP contribution >= 0.6 is 0 Å². The third-order valence-corrected chi connectivity index (χ3v) is 7.32. The van der Waals surface area contributed by atoms with E-state index >= 15 is 0 Å². The Bertz CT molecular complexity index is 1040. The predicted octanol–water partition coefficient (Wildman–Crippen LogP) is 3.09. The number of amides is 1. The fourth-order valence-corrected chi connectivity index (χ4v) is 5.38. The number of nitrogens with zero attached hydrogens (tertiary/aromatic N) is 2. The molecular weight excluding hydrogens is 416 g/mol. The van der Waals surface area contributed by atoms with E-state index in [4.69, 9.17) is 4.74 Å². The van der Waals surface area contributed by atoms with E-state index < -0.39 is 16.0 Å². The number of sulfonamides is 1. The van der Waals surface area contributed by atoms with Crippen LogP contribution in [0.5, 0.6) is 0 Å². The maximum absolute atomic E-state index is 13.2. The SMILES string of the molecule is C=CCN(C(=O)C1CCN(S(=O)(=O)c2ccccc2C(=O)OC)CC1)c1ccccc1. The molecule has 1 fully saturated rings. The van der Waals surface area contributed by atoms with Gasteiger partial charge in [0.05, 0.1) is 17.6 Å². The number of ether oxygens (including phenoxy) is 1. The first-order valence-corrected chi connectivity index (χ1v) is 11.5. The molecular formula is C23H26N2O5S. The number of carbonyl (C=O) groups is 2. The molecule has 3 rings (SSSR count). The van der Waals surface area contributed by atoms with Crippen LogP contribution in [0.4, 0.5) is 5.69 Å². The van der Waals surface area contributed by atoms with Crippen LogP contribution in [0.2, 0.25) is 0 Å². The van der Waals surface area contributed by atoms with Crippen LogP contribution in [0.15, 0.2) is 72.1 Å². The molecule has 0 spiro atoms. The van der Waals surface area contributed by atoms with E-state index in [0.717, 1.165) is 5.69 Å². The first-order chi connectivity index (χ1) is 14.9. The van der Waals surface area contributed by atoms with Crippen molar-refractivity contribution in [1.29, 1.82) is 0 Å². The second kappa shape index (κ2) is 9.89. The minimum absolute atomic E-state index is 0.00411. The van der Waals surface area contributed by atoms with Crippen molar-refractivity contribution in [2.75, 3.05) is 31.6 Å². The van der Waals surface area contributed by atoms with Crippen LogP contribution in [-0.2, 0) is 19.6 Å². The van der Waals surface area contributed by atoms with Crippen LogP contribution in [-0.4, -0.2) is 51.3 Å². The van der Waals surface area contributed by atoms with Crippen molar-refractivity contribution in [3.63, 3.8) is 0 Å². The molecule has 0 bridgehead atoms. The highest BCUT2D eigenvalue weighted by molar-refractivity contribution is 7.89. The molecule has 164 valence electrons. The van der Waals surface area contributed by atoms with Gasteiger partial charge in [-0.2, -0.15) is 4.31 Å². The molecule has 2 aromatic carbocycles. The first kappa shape index (κ1) is 22.7. The molecule has 1 saturated heterocycles. The molecule has 1 aliphatic heterocycles.